The number of nitrogens with zero attached hydrogens (tertiary/aromatic N) is 3. The number of nitrogens with one attached hydrogen (secondary N) is 1. The van der Waals surface area contributed by atoms with Crippen LogP contribution < -0.4 is 10.6 Å². The minimum atomic E-state index is -0.0420. The zero-order valence-corrected chi connectivity index (χ0v) is 11.1. The van der Waals surface area contributed by atoms with Crippen molar-refractivity contribution in [2.45, 2.75) is 0 Å². The second-order valence-corrected chi connectivity index (χ2v) is 4.51. The lowest BCUT2D eigenvalue weighted by Gasteiger charge is -2.22. The van der Waals surface area contributed by atoms with E-state index in [2.05, 4.69) is 9.88 Å². The lowest BCUT2D eigenvalue weighted by Crippen LogP contribution is -2.29. The Balaban J connectivity index is 2.90. The summed E-state index contributed by atoms with van der Waals surface area (Å²) in [6, 6.07) is 1.65. The summed E-state index contributed by atoms with van der Waals surface area (Å²) >= 11 is 6.18. The van der Waals surface area contributed by atoms with Crippen molar-refractivity contribution in [3.05, 3.63) is 22.8 Å². The van der Waals surface area contributed by atoms with Gasteiger partial charge in [-0.25, -0.2) is 4.98 Å². The van der Waals surface area contributed by atoms with Crippen LogP contribution in [-0.4, -0.2) is 50.0 Å². The Kier molecular flexibility index (Phi) is 4.72. The topological polar surface area (TPSA) is 69.2 Å². The van der Waals surface area contributed by atoms with Gasteiger partial charge in [0.2, 0.25) is 0 Å². The molecular weight excluding hydrogens is 238 g/mol. The standard InChI is InChI=1S/C11H18ClN5/c1-16(2)6-7-17(3)11-9(12)8(10(13)14)4-5-15-11/h4-5H,6-7H2,1-3H3,(H3,13,14). The predicted molar refractivity (Wildman–Crippen MR) is 72.1 cm³/mol. The highest BCUT2D eigenvalue weighted by Gasteiger charge is 2.13. The van der Waals surface area contributed by atoms with Crippen molar-refractivity contribution in [3.8, 4) is 0 Å². The van der Waals surface area contributed by atoms with E-state index in [9.17, 15) is 0 Å². The maximum Gasteiger partial charge on any atom is 0.147 e. The van der Waals surface area contributed by atoms with Crippen molar-refractivity contribution in [1.29, 1.82) is 5.41 Å². The first-order valence-corrected chi connectivity index (χ1v) is 5.66. The molecule has 0 saturated heterocycles. The van der Waals surface area contributed by atoms with Gasteiger partial charge in [-0.3, -0.25) is 5.41 Å². The number of pyridine rings is 1. The van der Waals surface area contributed by atoms with Crippen LogP contribution in [0.4, 0.5) is 5.82 Å². The first kappa shape index (κ1) is 13.7. The van der Waals surface area contributed by atoms with E-state index >= 15 is 0 Å². The van der Waals surface area contributed by atoms with Gasteiger partial charge in [0.15, 0.2) is 0 Å². The number of nitrogen functional groups attached to an aromatic ring is 1. The van der Waals surface area contributed by atoms with Gasteiger partial charge in [-0.05, 0) is 20.2 Å². The molecule has 1 aromatic heterocycles. The van der Waals surface area contributed by atoms with Gasteiger partial charge in [0.25, 0.3) is 0 Å². The van der Waals surface area contributed by atoms with Crippen molar-refractivity contribution in [2.24, 2.45) is 5.73 Å². The first-order valence-electron chi connectivity index (χ1n) is 5.28. The Labute approximate surface area is 107 Å². The molecule has 17 heavy (non-hydrogen) atoms. The Morgan fingerprint density at radius 3 is 2.59 bits per heavy atom. The minimum absolute atomic E-state index is 0.0420. The van der Waals surface area contributed by atoms with E-state index in [1.807, 2.05) is 26.0 Å². The molecule has 0 atom stereocenters. The first-order chi connectivity index (χ1) is 7.93. The van der Waals surface area contributed by atoms with E-state index in [4.69, 9.17) is 22.7 Å². The van der Waals surface area contributed by atoms with Crippen LogP contribution >= 0.6 is 11.6 Å². The van der Waals surface area contributed by atoms with Crippen molar-refractivity contribution >= 4 is 23.3 Å². The summed E-state index contributed by atoms with van der Waals surface area (Å²) in [5.74, 6) is 0.612. The number of rotatable bonds is 5. The molecule has 3 N–H and O–H groups in total. The predicted octanol–water partition coefficient (Wildman–Crippen LogP) is 1.02. The molecule has 1 rings (SSSR count). The average molecular weight is 256 g/mol. The van der Waals surface area contributed by atoms with Crippen molar-refractivity contribution in [1.82, 2.24) is 9.88 Å². The van der Waals surface area contributed by atoms with E-state index in [1.54, 1.807) is 12.3 Å². The van der Waals surface area contributed by atoms with Gasteiger partial charge in [-0.1, -0.05) is 11.6 Å². The smallest absolute Gasteiger partial charge is 0.147 e. The summed E-state index contributed by atoms with van der Waals surface area (Å²) in [5, 5.41) is 7.85. The largest absolute Gasteiger partial charge is 0.384 e. The van der Waals surface area contributed by atoms with Crippen molar-refractivity contribution in [3.63, 3.8) is 0 Å². The van der Waals surface area contributed by atoms with Gasteiger partial charge in [0, 0.05) is 31.9 Å². The molecule has 0 aromatic carbocycles. The molecule has 6 heteroatoms. The minimum Gasteiger partial charge on any atom is -0.384 e. The number of likely N-dealkylation sites (N-methyl/N-ethyl adjacent to an activating group) is 2. The highest BCUT2D eigenvalue weighted by atomic mass is 35.5. The summed E-state index contributed by atoms with van der Waals surface area (Å²) < 4.78 is 0. The zero-order valence-electron chi connectivity index (χ0n) is 10.4. The molecule has 1 aromatic rings. The highest BCUT2D eigenvalue weighted by molar-refractivity contribution is 6.36. The molecule has 1 heterocycles. The summed E-state index contributed by atoms with van der Waals surface area (Å²) in [5.41, 5.74) is 5.97. The molecule has 0 aliphatic carbocycles. The Morgan fingerprint density at radius 2 is 2.06 bits per heavy atom. The molecule has 0 radical (unpaired) electrons. The molecule has 0 amide bonds. The number of hydrogen-bond donors (Lipinski definition) is 2. The lowest BCUT2D eigenvalue weighted by molar-refractivity contribution is 0.416. The van der Waals surface area contributed by atoms with Crippen LogP contribution in [0.1, 0.15) is 5.56 Å². The summed E-state index contributed by atoms with van der Waals surface area (Å²) in [7, 11) is 5.94. The molecular formula is C11H18ClN5. The SMILES string of the molecule is CN(C)CCN(C)c1nccc(C(=N)N)c1Cl. The number of halogens is 1. The molecule has 0 saturated carbocycles. The van der Waals surface area contributed by atoms with E-state index < -0.39 is 0 Å². The quantitative estimate of drug-likeness (QED) is 0.609. The van der Waals surface area contributed by atoms with E-state index in [-0.39, 0.29) is 5.84 Å². The van der Waals surface area contributed by atoms with E-state index in [1.165, 1.54) is 0 Å². The summed E-state index contributed by atoms with van der Waals surface area (Å²) in [6.45, 7) is 1.71. The third-order valence-corrected chi connectivity index (χ3v) is 2.78. The third-order valence-electron chi connectivity index (χ3n) is 2.41. The number of anilines is 1. The van der Waals surface area contributed by atoms with Crippen molar-refractivity contribution < 1.29 is 0 Å². The maximum absolute atomic E-state index is 7.42. The van der Waals surface area contributed by atoms with Crippen LogP contribution in [-0.2, 0) is 0 Å². The van der Waals surface area contributed by atoms with Gasteiger partial charge in [0.05, 0.1) is 5.02 Å². The molecule has 0 aliphatic heterocycles. The van der Waals surface area contributed by atoms with Crippen LogP contribution in [0.5, 0.6) is 0 Å². The summed E-state index contributed by atoms with van der Waals surface area (Å²) in [4.78, 5) is 8.26. The van der Waals surface area contributed by atoms with Gasteiger partial charge in [-0.2, -0.15) is 0 Å². The third kappa shape index (κ3) is 3.57. The van der Waals surface area contributed by atoms with Crippen LogP contribution in [0.25, 0.3) is 0 Å². The maximum atomic E-state index is 7.42. The Morgan fingerprint density at radius 1 is 1.41 bits per heavy atom. The fourth-order valence-electron chi connectivity index (χ4n) is 1.36. The monoisotopic (exact) mass is 255 g/mol. The molecule has 0 bridgehead atoms. The second-order valence-electron chi connectivity index (χ2n) is 4.13. The number of aromatic nitrogens is 1. The van der Waals surface area contributed by atoms with Gasteiger partial charge in [0.1, 0.15) is 11.7 Å². The fraction of sp³-hybridized carbons (Fsp3) is 0.455. The molecule has 94 valence electrons. The summed E-state index contributed by atoms with van der Waals surface area (Å²) in [6.07, 6.45) is 1.62. The van der Waals surface area contributed by atoms with Gasteiger partial charge < -0.3 is 15.5 Å². The highest BCUT2D eigenvalue weighted by Crippen LogP contribution is 2.25. The van der Waals surface area contributed by atoms with Gasteiger partial charge in [-0.15, -0.1) is 0 Å². The second kappa shape index (κ2) is 5.84. The van der Waals surface area contributed by atoms with Crippen LogP contribution in [0, 0.1) is 5.41 Å². The normalized spacial score (nSPS) is 10.6. The zero-order chi connectivity index (χ0) is 13.0. The van der Waals surface area contributed by atoms with E-state index in [0.29, 0.717) is 16.4 Å². The van der Waals surface area contributed by atoms with Crippen LogP contribution in [0.15, 0.2) is 12.3 Å². The Hall–Kier alpha value is -1.33. The molecule has 0 aliphatic rings. The molecule has 0 unspecified atom stereocenters. The van der Waals surface area contributed by atoms with Gasteiger partial charge >= 0.3 is 0 Å². The molecule has 5 nitrogen and oxygen atoms in total. The lowest BCUT2D eigenvalue weighted by atomic mass is 10.2. The molecule has 0 spiro atoms. The Bertz CT molecular complexity index is 405. The van der Waals surface area contributed by atoms with Crippen LogP contribution in [0.2, 0.25) is 5.02 Å². The van der Waals surface area contributed by atoms with Crippen LogP contribution in [0.3, 0.4) is 0 Å². The number of nitrogens with two attached hydrogens (primary N) is 1. The van der Waals surface area contributed by atoms with Crippen molar-refractivity contribution in [2.75, 3.05) is 39.1 Å². The fourth-order valence-corrected chi connectivity index (χ4v) is 1.72. The number of hydrogen-bond acceptors (Lipinski definition) is 4. The number of amidine groups is 1. The average Bonchev–Trinajstić information content (AvgIpc) is 2.25. The van der Waals surface area contributed by atoms with E-state index in [0.717, 1.165) is 13.1 Å². The molecule has 0 fully saturated rings.